The van der Waals surface area contributed by atoms with Crippen LogP contribution in [-0.4, -0.2) is 18.8 Å². The van der Waals surface area contributed by atoms with Crippen LogP contribution >= 0.6 is 0 Å². The molecule has 0 saturated carbocycles. The van der Waals surface area contributed by atoms with E-state index in [1.165, 1.54) is 18.2 Å². The van der Waals surface area contributed by atoms with Crippen molar-refractivity contribution in [2.45, 2.75) is 13.2 Å². The lowest BCUT2D eigenvalue weighted by Gasteiger charge is -2.05. The monoisotopic (exact) mass is 200 g/mol. The van der Waals surface area contributed by atoms with E-state index in [0.717, 1.165) is 0 Å². The molecule has 0 unspecified atom stereocenters. The van der Waals surface area contributed by atoms with Crippen molar-refractivity contribution in [3.8, 4) is 5.75 Å². The summed E-state index contributed by atoms with van der Waals surface area (Å²) in [6.45, 7) is -2.61. The molecule has 0 aliphatic carbocycles. The van der Waals surface area contributed by atoms with Gasteiger partial charge >= 0.3 is 13.7 Å². The van der Waals surface area contributed by atoms with Crippen LogP contribution in [-0.2, 0) is 11.3 Å². The van der Waals surface area contributed by atoms with Gasteiger partial charge in [-0.2, -0.15) is 8.78 Å². The Hall–Kier alpha value is -1.14. The molecule has 3 nitrogen and oxygen atoms in total. The van der Waals surface area contributed by atoms with Crippen LogP contribution in [0.2, 0.25) is 0 Å². The minimum atomic E-state index is -2.83. The van der Waals surface area contributed by atoms with Gasteiger partial charge in [0.1, 0.15) is 5.75 Å². The molecule has 1 heterocycles. The number of fused-ring (bicyclic) bond motifs is 1. The molecule has 0 fully saturated rings. The van der Waals surface area contributed by atoms with Gasteiger partial charge in [0.05, 0.1) is 6.61 Å². The van der Waals surface area contributed by atoms with Crippen molar-refractivity contribution < 1.29 is 23.2 Å². The number of halogens is 2. The van der Waals surface area contributed by atoms with Gasteiger partial charge in [-0.05, 0) is 23.2 Å². The number of benzene rings is 1. The lowest BCUT2D eigenvalue weighted by Crippen LogP contribution is -2.27. The van der Waals surface area contributed by atoms with E-state index >= 15 is 0 Å². The summed E-state index contributed by atoms with van der Waals surface area (Å²) in [4.78, 5) is 0. The molecule has 1 aliphatic rings. The van der Waals surface area contributed by atoms with Crippen molar-refractivity contribution in [1.82, 2.24) is 0 Å². The Morgan fingerprint density at radius 2 is 2.29 bits per heavy atom. The third kappa shape index (κ3) is 1.71. The fourth-order valence-electron chi connectivity index (χ4n) is 1.38. The van der Waals surface area contributed by atoms with Crippen molar-refractivity contribution in [3.63, 3.8) is 0 Å². The molecule has 74 valence electrons. The molecular formula is C8H7BF2O3. The first-order chi connectivity index (χ1) is 6.66. The maximum Gasteiger partial charge on any atom is 0.491 e. The fourth-order valence-corrected chi connectivity index (χ4v) is 1.38. The van der Waals surface area contributed by atoms with E-state index in [-0.39, 0.29) is 12.4 Å². The molecule has 0 atom stereocenters. The molecule has 0 amide bonds. The zero-order valence-corrected chi connectivity index (χ0v) is 7.11. The van der Waals surface area contributed by atoms with Gasteiger partial charge in [-0.3, -0.25) is 0 Å². The number of hydrogen-bond acceptors (Lipinski definition) is 3. The molecule has 1 aromatic rings. The first kappa shape index (κ1) is 9.42. The van der Waals surface area contributed by atoms with Crippen molar-refractivity contribution >= 4 is 12.6 Å². The molecular weight excluding hydrogens is 193 g/mol. The molecule has 6 heteroatoms. The maximum atomic E-state index is 11.8. The van der Waals surface area contributed by atoms with Crippen LogP contribution in [0.15, 0.2) is 18.2 Å². The van der Waals surface area contributed by atoms with Gasteiger partial charge in [-0.25, -0.2) is 0 Å². The predicted molar refractivity (Wildman–Crippen MR) is 45.5 cm³/mol. The van der Waals surface area contributed by atoms with E-state index in [2.05, 4.69) is 4.74 Å². The Balaban J connectivity index is 2.24. The Morgan fingerprint density at radius 1 is 1.50 bits per heavy atom. The molecule has 0 aromatic heterocycles. The van der Waals surface area contributed by atoms with Gasteiger partial charge in [0.25, 0.3) is 0 Å². The lowest BCUT2D eigenvalue weighted by molar-refractivity contribution is -0.0498. The molecule has 0 bridgehead atoms. The Bertz CT molecular complexity index is 345. The van der Waals surface area contributed by atoms with Gasteiger partial charge in [-0.1, -0.05) is 6.07 Å². The summed E-state index contributed by atoms with van der Waals surface area (Å²) >= 11 is 0. The Labute approximate surface area is 79.4 Å². The smallest absolute Gasteiger partial charge is 0.435 e. The highest BCUT2D eigenvalue weighted by molar-refractivity contribution is 6.61. The zero-order valence-electron chi connectivity index (χ0n) is 7.11. The summed E-state index contributed by atoms with van der Waals surface area (Å²) in [5, 5.41) is 9.24. The fraction of sp³-hybridized carbons (Fsp3) is 0.250. The SMILES string of the molecule is OB1OCc2cc(OC(F)F)ccc21. The summed E-state index contributed by atoms with van der Waals surface area (Å²) < 4.78 is 32.8. The highest BCUT2D eigenvalue weighted by atomic mass is 19.3. The summed E-state index contributed by atoms with van der Waals surface area (Å²) in [6, 6.07) is 4.34. The molecule has 0 saturated heterocycles. The molecule has 0 spiro atoms. The summed E-state index contributed by atoms with van der Waals surface area (Å²) in [5.41, 5.74) is 1.28. The molecule has 0 radical (unpaired) electrons. The third-order valence-electron chi connectivity index (χ3n) is 2.00. The number of alkyl halides is 2. The van der Waals surface area contributed by atoms with E-state index < -0.39 is 13.7 Å². The summed E-state index contributed by atoms with van der Waals surface area (Å²) in [6.07, 6.45) is 0. The predicted octanol–water partition coefficient (Wildman–Crippen LogP) is 0.506. The topological polar surface area (TPSA) is 38.7 Å². The van der Waals surface area contributed by atoms with Crippen LogP contribution in [0.25, 0.3) is 0 Å². The van der Waals surface area contributed by atoms with Gasteiger partial charge in [0.2, 0.25) is 0 Å². The first-order valence-electron chi connectivity index (χ1n) is 4.04. The molecule has 1 aliphatic heterocycles. The van der Waals surface area contributed by atoms with Crippen molar-refractivity contribution in [2.24, 2.45) is 0 Å². The van der Waals surface area contributed by atoms with Crippen molar-refractivity contribution in [1.29, 1.82) is 0 Å². The van der Waals surface area contributed by atoms with Crippen LogP contribution in [0.4, 0.5) is 8.78 Å². The average molecular weight is 200 g/mol. The number of rotatable bonds is 2. The van der Waals surface area contributed by atoms with Crippen molar-refractivity contribution in [2.75, 3.05) is 0 Å². The van der Waals surface area contributed by atoms with E-state index in [0.29, 0.717) is 11.0 Å². The second-order valence-corrected chi connectivity index (χ2v) is 2.90. The quantitative estimate of drug-likeness (QED) is 0.706. The minimum absolute atomic E-state index is 0.0800. The Kier molecular flexibility index (Phi) is 2.39. The van der Waals surface area contributed by atoms with E-state index in [9.17, 15) is 13.8 Å². The van der Waals surface area contributed by atoms with E-state index in [1.807, 2.05) is 0 Å². The first-order valence-corrected chi connectivity index (χ1v) is 4.04. The van der Waals surface area contributed by atoms with Crippen LogP contribution in [0.3, 0.4) is 0 Å². The van der Waals surface area contributed by atoms with Crippen LogP contribution in [0.1, 0.15) is 5.56 Å². The van der Waals surface area contributed by atoms with Crippen LogP contribution in [0.5, 0.6) is 5.75 Å². The minimum Gasteiger partial charge on any atom is -0.435 e. The standard InChI is InChI=1S/C8H7BF2O3/c10-8(11)14-6-1-2-7-5(3-6)4-13-9(7)12/h1-3,8,12H,4H2. The highest BCUT2D eigenvalue weighted by Crippen LogP contribution is 2.18. The number of hydrogen-bond donors (Lipinski definition) is 1. The zero-order chi connectivity index (χ0) is 10.1. The lowest BCUT2D eigenvalue weighted by atomic mass is 9.80. The summed E-state index contributed by atoms with van der Waals surface area (Å²) in [7, 11) is -0.953. The van der Waals surface area contributed by atoms with Gasteiger partial charge < -0.3 is 14.4 Å². The molecule has 1 aromatic carbocycles. The van der Waals surface area contributed by atoms with Crippen molar-refractivity contribution in [3.05, 3.63) is 23.8 Å². The summed E-state index contributed by atoms with van der Waals surface area (Å²) in [5.74, 6) is 0.0800. The maximum absolute atomic E-state index is 11.8. The van der Waals surface area contributed by atoms with Crippen LogP contribution in [0, 0.1) is 0 Å². The second-order valence-electron chi connectivity index (χ2n) is 2.90. The van der Waals surface area contributed by atoms with Gasteiger partial charge in [-0.15, -0.1) is 0 Å². The number of ether oxygens (including phenoxy) is 1. The third-order valence-corrected chi connectivity index (χ3v) is 2.00. The van der Waals surface area contributed by atoms with E-state index in [4.69, 9.17) is 4.65 Å². The molecule has 1 N–H and O–H groups in total. The average Bonchev–Trinajstić information content (AvgIpc) is 2.46. The van der Waals surface area contributed by atoms with Gasteiger partial charge in [0.15, 0.2) is 0 Å². The molecule has 2 rings (SSSR count). The van der Waals surface area contributed by atoms with E-state index in [1.54, 1.807) is 0 Å². The highest BCUT2D eigenvalue weighted by Gasteiger charge is 2.27. The van der Waals surface area contributed by atoms with Gasteiger partial charge in [0, 0.05) is 0 Å². The second kappa shape index (κ2) is 3.55. The largest absolute Gasteiger partial charge is 0.491 e. The molecule has 14 heavy (non-hydrogen) atoms. The normalized spacial score (nSPS) is 14.7. The Morgan fingerprint density at radius 3 is 3.00 bits per heavy atom. The van der Waals surface area contributed by atoms with Crippen LogP contribution < -0.4 is 10.2 Å².